The topological polar surface area (TPSA) is 23.6 Å². The molecule has 0 N–H and O–H groups in total. The fourth-order valence-corrected chi connectivity index (χ4v) is 3.86. The average molecular weight is 320 g/mol. The number of anilines is 1. The second-order valence-corrected chi connectivity index (χ2v) is 6.96. The number of hydrogen-bond acceptors (Lipinski definition) is 2. The highest BCUT2D eigenvalue weighted by Crippen LogP contribution is 2.48. The van der Waals surface area contributed by atoms with Gasteiger partial charge in [-0.15, -0.1) is 0 Å². The Hall–Kier alpha value is -2.29. The van der Waals surface area contributed by atoms with Crippen molar-refractivity contribution in [3.05, 3.63) is 65.7 Å². The number of aryl methyl sites for hydroxylation is 1. The monoisotopic (exact) mass is 320 g/mol. The van der Waals surface area contributed by atoms with Crippen LogP contribution in [0.15, 0.2) is 54.6 Å². The number of para-hydroxylation sites is 1. The summed E-state index contributed by atoms with van der Waals surface area (Å²) in [4.78, 5) is 17.2. The predicted octanol–water partition coefficient (Wildman–Crippen LogP) is 3.45. The molecule has 0 radical (unpaired) electrons. The van der Waals surface area contributed by atoms with Gasteiger partial charge in [0.05, 0.1) is 0 Å². The molecule has 0 spiro atoms. The molecule has 2 aromatic carbocycles. The van der Waals surface area contributed by atoms with Crippen molar-refractivity contribution < 1.29 is 4.79 Å². The lowest BCUT2D eigenvalue weighted by molar-refractivity contribution is -0.132. The van der Waals surface area contributed by atoms with Crippen LogP contribution < -0.4 is 4.90 Å². The Balaban J connectivity index is 1.35. The van der Waals surface area contributed by atoms with E-state index in [1.165, 1.54) is 16.8 Å². The molecule has 2 aliphatic rings. The number of rotatable bonds is 3. The van der Waals surface area contributed by atoms with Crippen LogP contribution in [0.5, 0.6) is 0 Å². The van der Waals surface area contributed by atoms with E-state index in [2.05, 4.69) is 65.3 Å². The van der Waals surface area contributed by atoms with E-state index < -0.39 is 0 Å². The van der Waals surface area contributed by atoms with Crippen molar-refractivity contribution in [1.82, 2.24) is 4.90 Å². The predicted molar refractivity (Wildman–Crippen MR) is 97.3 cm³/mol. The first kappa shape index (κ1) is 15.3. The normalized spacial score (nSPS) is 23.2. The van der Waals surface area contributed by atoms with Gasteiger partial charge in [-0.05, 0) is 36.5 Å². The van der Waals surface area contributed by atoms with Crippen LogP contribution in [-0.2, 0) is 4.79 Å². The Morgan fingerprint density at radius 2 is 1.58 bits per heavy atom. The van der Waals surface area contributed by atoms with Crippen LogP contribution in [0.25, 0.3) is 0 Å². The summed E-state index contributed by atoms with van der Waals surface area (Å²) in [5.74, 6) is 0.999. The third kappa shape index (κ3) is 2.91. The molecule has 0 aromatic heterocycles. The van der Waals surface area contributed by atoms with E-state index in [0.29, 0.717) is 11.8 Å². The van der Waals surface area contributed by atoms with E-state index in [0.717, 1.165) is 32.6 Å². The molecule has 1 amide bonds. The van der Waals surface area contributed by atoms with E-state index in [1.807, 2.05) is 6.07 Å². The summed E-state index contributed by atoms with van der Waals surface area (Å²) in [5.41, 5.74) is 3.93. The Morgan fingerprint density at radius 1 is 0.917 bits per heavy atom. The van der Waals surface area contributed by atoms with Crippen LogP contribution in [0.2, 0.25) is 0 Å². The van der Waals surface area contributed by atoms with Crippen molar-refractivity contribution in [3.63, 3.8) is 0 Å². The smallest absolute Gasteiger partial charge is 0.226 e. The molecule has 24 heavy (non-hydrogen) atoms. The highest BCUT2D eigenvalue weighted by atomic mass is 16.2. The third-order valence-corrected chi connectivity index (χ3v) is 5.38. The van der Waals surface area contributed by atoms with Gasteiger partial charge in [-0.3, -0.25) is 4.79 Å². The molecular formula is C21H24N2O. The zero-order valence-corrected chi connectivity index (χ0v) is 14.2. The van der Waals surface area contributed by atoms with Crippen LogP contribution in [0.1, 0.15) is 23.5 Å². The maximum atomic E-state index is 12.8. The number of carbonyl (C=O) groups excluding carboxylic acids is 1. The van der Waals surface area contributed by atoms with Crippen molar-refractivity contribution in [2.24, 2.45) is 5.92 Å². The molecule has 1 aliphatic carbocycles. The van der Waals surface area contributed by atoms with Gasteiger partial charge in [0.2, 0.25) is 5.91 Å². The molecule has 124 valence electrons. The van der Waals surface area contributed by atoms with Gasteiger partial charge >= 0.3 is 0 Å². The number of piperazine rings is 1. The molecule has 1 heterocycles. The Labute approximate surface area is 143 Å². The Kier molecular flexibility index (Phi) is 4.01. The van der Waals surface area contributed by atoms with Gasteiger partial charge in [-0.1, -0.05) is 48.5 Å². The molecule has 0 unspecified atom stereocenters. The Morgan fingerprint density at radius 3 is 2.29 bits per heavy atom. The number of carbonyl (C=O) groups is 1. The first-order chi connectivity index (χ1) is 11.7. The molecule has 1 saturated heterocycles. The number of amides is 1. The SMILES string of the molecule is Cc1ccccc1N1CCN(C(=O)[C@H]2C[C@@H]2c2ccccc2)CC1. The zero-order chi connectivity index (χ0) is 16.5. The van der Waals surface area contributed by atoms with Gasteiger partial charge in [0, 0.05) is 37.8 Å². The minimum Gasteiger partial charge on any atom is -0.368 e. The number of hydrogen-bond donors (Lipinski definition) is 0. The van der Waals surface area contributed by atoms with E-state index >= 15 is 0 Å². The van der Waals surface area contributed by atoms with E-state index in [4.69, 9.17) is 0 Å². The highest BCUT2D eigenvalue weighted by molar-refractivity contribution is 5.83. The molecule has 2 atom stereocenters. The minimum absolute atomic E-state index is 0.206. The van der Waals surface area contributed by atoms with Crippen molar-refractivity contribution >= 4 is 11.6 Å². The summed E-state index contributed by atoms with van der Waals surface area (Å²) in [6.07, 6.45) is 1.01. The molecule has 2 aromatic rings. The van der Waals surface area contributed by atoms with Crippen molar-refractivity contribution in [1.29, 1.82) is 0 Å². The zero-order valence-electron chi connectivity index (χ0n) is 14.2. The van der Waals surface area contributed by atoms with Gasteiger partial charge in [0.1, 0.15) is 0 Å². The summed E-state index contributed by atoms with van der Waals surface area (Å²) in [6, 6.07) is 19.0. The fraction of sp³-hybridized carbons (Fsp3) is 0.381. The first-order valence-electron chi connectivity index (χ1n) is 8.88. The van der Waals surface area contributed by atoms with Gasteiger partial charge in [0.15, 0.2) is 0 Å². The second kappa shape index (κ2) is 6.31. The first-order valence-corrected chi connectivity index (χ1v) is 8.88. The molecule has 4 rings (SSSR count). The minimum atomic E-state index is 0.206. The summed E-state index contributed by atoms with van der Waals surface area (Å²) < 4.78 is 0. The lowest BCUT2D eigenvalue weighted by Crippen LogP contribution is -2.49. The van der Waals surface area contributed by atoms with Crippen LogP contribution in [0.3, 0.4) is 0 Å². The molecular weight excluding hydrogens is 296 g/mol. The van der Waals surface area contributed by atoms with Gasteiger partial charge in [-0.25, -0.2) is 0 Å². The molecule has 1 aliphatic heterocycles. The molecule has 0 bridgehead atoms. The maximum absolute atomic E-state index is 12.8. The molecule has 3 heteroatoms. The largest absolute Gasteiger partial charge is 0.368 e. The second-order valence-electron chi connectivity index (χ2n) is 6.96. The molecule has 2 fully saturated rings. The van der Waals surface area contributed by atoms with Gasteiger partial charge in [0.25, 0.3) is 0 Å². The molecule has 3 nitrogen and oxygen atoms in total. The lowest BCUT2D eigenvalue weighted by atomic mass is 10.1. The van der Waals surface area contributed by atoms with E-state index in [-0.39, 0.29) is 5.92 Å². The summed E-state index contributed by atoms with van der Waals surface area (Å²) >= 11 is 0. The summed E-state index contributed by atoms with van der Waals surface area (Å²) in [5, 5.41) is 0. The van der Waals surface area contributed by atoms with Crippen molar-refractivity contribution in [2.75, 3.05) is 31.1 Å². The number of nitrogens with zero attached hydrogens (tertiary/aromatic N) is 2. The van der Waals surface area contributed by atoms with Crippen molar-refractivity contribution in [2.45, 2.75) is 19.3 Å². The van der Waals surface area contributed by atoms with Crippen LogP contribution >= 0.6 is 0 Å². The fourth-order valence-electron chi connectivity index (χ4n) is 3.86. The standard InChI is InChI=1S/C21H24N2O/c1-16-7-5-6-10-20(16)22-11-13-23(14-12-22)21(24)19-15-18(19)17-8-3-2-4-9-17/h2-10,18-19H,11-15H2,1H3/t18-,19+/m1/s1. The highest BCUT2D eigenvalue weighted by Gasteiger charge is 2.45. The summed E-state index contributed by atoms with van der Waals surface area (Å²) in [6.45, 7) is 5.69. The van der Waals surface area contributed by atoms with E-state index in [9.17, 15) is 4.79 Å². The average Bonchev–Trinajstić information content (AvgIpc) is 3.43. The van der Waals surface area contributed by atoms with Crippen LogP contribution in [-0.4, -0.2) is 37.0 Å². The maximum Gasteiger partial charge on any atom is 0.226 e. The third-order valence-electron chi connectivity index (χ3n) is 5.38. The van der Waals surface area contributed by atoms with Gasteiger partial charge < -0.3 is 9.80 Å². The van der Waals surface area contributed by atoms with Gasteiger partial charge in [-0.2, -0.15) is 0 Å². The lowest BCUT2D eigenvalue weighted by Gasteiger charge is -2.37. The summed E-state index contributed by atoms with van der Waals surface area (Å²) in [7, 11) is 0. The number of benzene rings is 2. The van der Waals surface area contributed by atoms with Crippen LogP contribution in [0, 0.1) is 12.8 Å². The van der Waals surface area contributed by atoms with Crippen LogP contribution in [0.4, 0.5) is 5.69 Å². The van der Waals surface area contributed by atoms with Crippen molar-refractivity contribution in [3.8, 4) is 0 Å². The van der Waals surface area contributed by atoms with E-state index in [1.54, 1.807) is 0 Å². The Bertz CT molecular complexity index is 720. The quantitative estimate of drug-likeness (QED) is 0.865. The molecule has 1 saturated carbocycles.